The summed E-state index contributed by atoms with van der Waals surface area (Å²) in [5.41, 5.74) is 1.70. The number of aryl methyl sites for hydroxylation is 2. The minimum Gasteiger partial charge on any atom is -0.377 e. The van der Waals surface area contributed by atoms with Crippen molar-refractivity contribution in [3.63, 3.8) is 0 Å². The molecule has 0 bridgehead atoms. The second-order valence-electron chi connectivity index (χ2n) is 9.23. The molecule has 14 heteroatoms. The standard InChI is InChI=1S/C26H36N4O8S2/c1-21-3-7-23(8-4-21)39(33,34)29-13-14-30(40(35,36)24-9-5-22(2)6-10-24)20-26(32)28-12-16-38-18-17-37-15-11-27-25(31)19-29/h3-10H,11-20H2,1-2H3,(H,27,31)(H,28,32). The minimum atomic E-state index is -4.19. The van der Waals surface area contributed by atoms with Gasteiger partial charge in [0.15, 0.2) is 0 Å². The van der Waals surface area contributed by atoms with E-state index in [-0.39, 0.29) is 62.4 Å². The number of rotatable bonds is 4. The highest BCUT2D eigenvalue weighted by Gasteiger charge is 2.31. The first-order chi connectivity index (χ1) is 19.0. The molecule has 1 saturated heterocycles. The predicted octanol–water partition coefficient (Wildman–Crippen LogP) is 0.264. The van der Waals surface area contributed by atoms with E-state index in [4.69, 9.17) is 9.47 Å². The van der Waals surface area contributed by atoms with E-state index < -0.39 is 45.0 Å². The molecule has 1 aliphatic rings. The van der Waals surface area contributed by atoms with E-state index in [1.165, 1.54) is 24.3 Å². The van der Waals surface area contributed by atoms with Crippen molar-refractivity contribution in [2.24, 2.45) is 0 Å². The molecule has 2 amide bonds. The summed E-state index contributed by atoms with van der Waals surface area (Å²) in [6, 6.07) is 12.2. The molecule has 0 saturated carbocycles. The molecule has 0 aliphatic carbocycles. The fraction of sp³-hybridized carbons (Fsp3) is 0.462. The van der Waals surface area contributed by atoms with Crippen LogP contribution in [0.1, 0.15) is 11.1 Å². The summed E-state index contributed by atoms with van der Waals surface area (Å²) in [6.07, 6.45) is 0. The first-order valence-corrected chi connectivity index (χ1v) is 15.7. The first kappa shape index (κ1) is 31.6. The number of nitrogens with zero attached hydrogens (tertiary/aromatic N) is 2. The van der Waals surface area contributed by atoms with Crippen molar-refractivity contribution in [1.29, 1.82) is 0 Å². The molecule has 12 nitrogen and oxygen atoms in total. The van der Waals surface area contributed by atoms with E-state index in [9.17, 15) is 26.4 Å². The van der Waals surface area contributed by atoms with Gasteiger partial charge < -0.3 is 20.1 Å². The molecule has 40 heavy (non-hydrogen) atoms. The maximum Gasteiger partial charge on any atom is 0.243 e. The van der Waals surface area contributed by atoms with E-state index in [0.717, 1.165) is 19.7 Å². The van der Waals surface area contributed by atoms with Crippen molar-refractivity contribution in [3.05, 3.63) is 59.7 Å². The van der Waals surface area contributed by atoms with Gasteiger partial charge in [-0.2, -0.15) is 8.61 Å². The largest absolute Gasteiger partial charge is 0.377 e. The van der Waals surface area contributed by atoms with Gasteiger partial charge in [-0.3, -0.25) is 9.59 Å². The average molecular weight is 597 g/mol. The molecule has 1 aliphatic heterocycles. The monoisotopic (exact) mass is 596 g/mol. The second-order valence-corrected chi connectivity index (χ2v) is 13.1. The van der Waals surface area contributed by atoms with Gasteiger partial charge in [0, 0.05) is 26.2 Å². The van der Waals surface area contributed by atoms with E-state index >= 15 is 0 Å². The van der Waals surface area contributed by atoms with Crippen LogP contribution in [-0.4, -0.2) is 103 Å². The van der Waals surface area contributed by atoms with E-state index in [1.807, 2.05) is 13.8 Å². The van der Waals surface area contributed by atoms with Crippen LogP contribution in [0.2, 0.25) is 0 Å². The van der Waals surface area contributed by atoms with E-state index in [2.05, 4.69) is 10.6 Å². The molecule has 0 radical (unpaired) electrons. The van der Waals surface area contributed by atoms with Crippen molar-refractivity contribution in [3.8, 4) is 0 Å². The van der Waals surface area contributed by atoms with Crippen LogP contribution in [0.25, 0.3) is 0 Å². The van der Waals surface area contributed by atoms with Gasteiger partial charge in [-0.1, -0.05) is 35.4 Å². The molecule has 220 valence electrons. The van der Waals surface area contributed by atoms with Crippen LogP contribution in [0.15, 0.2) is 58.3 Å². The highest BCUT2D eigenvalue weighted by atomic mass is 32.2. The maximum atomic E-state index is 13.6. The summed E-state index contributed by atoms with van der Waals surface area (Å²) >= 11 is 0. The Morgan fingerprint density at radius 2 is 0.950 bits per heavy atom. The third kappa shape index (κ3) is 9.08. The molecule has 1 fully saturated rings. The Balaban J connectivity index is 1.93. The molecular formula is C26H36N4O8S2. The van der Waals surface area contributed by atoms with Crippen LogP contribution >= 0.6 is 0 Å². The molecule has 0 unspecified atom stereocenters. The highest BCUT2D eigenvalue weighted by molar-refractivity contribution is 7.89. The summed E-state index contributed by atoms with van der Waals surface area (Å²) in [5.74, 6) is -1.16. The summed E-state index contributed by atoms with van der Waals surface area (Å²) in [6.45, 7) is 3.00. The molecule has 3 rings (SSSR count). The Hall–Kier alpha value is -2.88. The van der Waals surface area contributed by atoms with Gasteiger partial charge in [0.05, 0.1) is 49.3 Å². The number of sulfonamides is 2. The topological polar surface area (TPSA) is 151 Å². The molecule has 2 aromatic rings. The lowest BCUT2D eigenvalue weighted by molar-refractivity contribution is -0.122. The summed E-state index contributed by atoms with van der Waals surface area (Å²) < 4.78 is 66.8. The third-order valence-electron chi connectivity index (χ3n) is 6.07. The number of hydrogen-bond donors (Lipinski definition) is 2. The van der Waals surface area contributed by atoms with E-state index in [0.29, 0.717) is 0 Å². The highest BCUT2D eigenvalue weighted by Crippen LogP contribution is 2.19. The van der Waals surface area contributed by atoms with Gasteiger partial charge in [0.2, 0.25) is 31.9 Å². The zero-order valence-corrected chi connectivity index (χ0v) is 24.3. The van der Waals surface area contributed by atoms with Crippen molar-refractivity contribution in [1.82, 2.24) is 19.2 Å². The van der Waals surface area contributed by atoms with Crippen LogP contribution in [-0.2, 0) is 39.1 Å². The van der Waals surface area contributed by atoms with Gasteiger partial charge in [-0.25, -0.2) is 16.8 Å². The Morgan fingerprint density at radius 3 is 1.30 bits per heavy atom. The molecule has 2 aromatic carbocycles. The molecule has 0 aromatic heterocycles. The average Bonchev–Trinajstić information content (AvgIpc) is 2.91. The zero-order chi connectivity index (χ0) is 29.2. The Labute approximate surface area is 235 Å². The van der Waals surface area contributed by atoms with Gasteiger partial charge in [-0.05, 0) is 38.1 Å². The van der Waals surface area contributed by atoms with Crippen LogP contribution < -0.4 is 10.6 Å². The van der Waals surface area contributed by atoms with Crippen LogP contribution in [0.3, 0.4) is 0 Å². The van der Waals surface area contributed by atoms with Crippen LogP contribution in [0, 0.1) is 13.8 Å². The van der Waals surface area contributed by atoms with Crippen LogP contribution in [0.4, 0.5) is 0 Å². The molecule has 1 heterocycles. The number of benzene rings is 2. The van der Waals surface area contributed by atoms with Gasteiger partial charge in [0.25, 0.3) is 0 Å². The fourth-order valence-electron chi connectivity index (χ4n) is 3.79. The Kier molecular flexibility index (Phi) is 11.6. The Bertz CT molecular complexity index is 1240. The van der Waals surface area contributed by atoms with Crippen LogP contribution in [0.5, 0.6) is 0 Å². The second kappa shape index (κ2) is 14.7. The number of ether oxygens (including phenoxy) is 2. The lowest BCUT2D eigenvalue weighted by Gasteiger charge is -2.27. The number of carbonyl (C=O) groups excluding carboxylic acids is 2. The minimum absolute atomic E-state index is 0.0398. The summed E-state index contributed by atoms with van der Waals surface area (Å²) in [4.78, 5) is 25.3. The lowest BCUT2D eigenvalue weighted by atomic mass is 10.2. The summed E-state index contributed by atoms with van der Waals surface area (Å²) in [5, 5.41) is 5.24. The SMILES string of the molecule is Cc1ccc(S(=O)(=O)N2CCN(S(=O)(=O)c3ccc(C)cc3)CC(=O)NCCOCCOCCNC(=O)C2)cc1. The predicted molar refractivity (Wildman–Crippen MR) is 148 cm³/mol. The zero-order valence-electron chi connectivity index (χ0n) is 22.7. The number of amides is 2. The molecule has 0 atom stereocenters. The third-order valence-corrected chi connectivity index (χ3v) is 9.78. The maximum absolute atomic E-state index is 13.6. The van der Waals surface area contributed by atoms with Gasteiger partial charge in [-0.15, -0.1) is 0 Å². The molecule has 0 spiro atoms. The quantitative estimate of drug-likeness (QED) is 0.510. The van der Waals surface area contributed by atoms with Crippen molar-refractivity contribution >= 4 is 31.9 Å². The first-order valence-electron chi connectivity index (χ1n) is 12.8. The molecule has 2 N–H and O–H groups in total. The fourth-order valence-corrected chi connectivity index (χ4v) is 6.56. The van der Waals surface area contributed by atoms with Crippen molar-refractivity contribution in [2.45, 2.75) is 23.6 Å². The smallest absolute Gasteiger partial charge is 0.243 e. The van der Waals surface area contributed by atoms with Gasteiger partial charge in [0.1, 0.15) is 0 Å². The Morgan fingerprint density at radius 1 is 0.600 bits per heavy atom. The lowest BCUT2D eigenvalue weighted by Crippen LogP contribution is -2.48. The van der Waals surface area contributed by atoms with E-state index in [1.54, 1.807) is 24.3 Å². The number of nitrogens with one attached hydrogen (secondary N) is 2. The van der Waals surface area contributed by atoms with Gasteiger partial charge >= 0.3 is 0 Å². The van der Waals surface area contributed by atoms with Crippen molar-refractivity contribution < 1.29 is 35.9 Å². The summed E-state index contributed by atoms with van der Waals surface area (Å²) in [7, 11) is -8.38. The normalized spacial score (nSPS) is 18.8. The number of hydrogen-bond acceptors (Lipinski definition) is 8. The number of carbonyl (C=O) groups is 2. The van der Waals surface area contributed by atoms with Crippen molar-refractivity contribution in [2.75, 3.05) is 65.7 Å². The molecular weight excluding hydrogens is 560 g/mol.